The average Bonchev–Trinajstić information content (AvgIpc) is 3.13. The molecule has 0 radical (unpaired) electrons. The fourth-order valence-electron chi connectivity index (χ4n) is 4.37. The third kappa shape index (κ3) is 5.88. The van der Waals surface area contributed by atoms with Crippen LogP contribution >= 0.6 is 0 Å². The van der Waals surface area contributed by atoms with Gasteiger partial charge in [-0.1, -0.05) is 17.7 Å². The highest BCUT2D eigenvalue weighted by molar-refractivity contribution is 7.90. The monoisotopic (exact) mass is 538 g/mol. The summed E-state index contributed by atoms with van der Waals surface area (Å²) < 4.78 is 55.0. The first-order valence-electron chi connectivity index (χ1n) is 12.4. The summed E-state index contributed by atoms with van der Waals surface area (Å²) in [7, 11) is -4.00. The predicted molar refractivity (Wildman–Crippen MR) is 144 cm³/mol. The summed E-state index contributed by atoms with van der Waals surface area (Å²) in [6.07, 6.45) is 2.99. The Hall–Kier alpha value is -3.72. The Labute approximate surface area is 222 Å². The molecule has 2 aromatic carbocycles. The van der Waals surface area contributed by atoms with E-state index in [2.05, 4.69) is 4.98 Å². The maximum absolute atomic E-state index is 15.2. The van der Waals surface area contributed by atoms with Gasteiger partial charge >= 0.3 is 0 Å². The molecule has 4 aromatic rings. The van der Waals surface area contributed by atoms with Gasteiger partial charge in [-0.2, -0.15) is 0 Å². The first-order valence-corrected chi connectivity index (χ1v) is 13.9. The molecule has 0 bridgehead atoms. The van der Waals surface area contributed by atoms with Crippen LogP contribution in [0.15, 0.2) is 59.6 Å². The number of rotatable bonds is 11. The lowest BCUT2D eigenvalue weighted by Crippen LogP contribution is -2.15. The Morgan fingerprint density at radius 3 is 2.37 bits per heavy atom. The van der Waals surface area contributed by atoms with Crippen LogP contribution < -0.4 is 9.47 Å². The SMILES string of the molecule is CC(=O)CCCc1c(C)n(S(=O)(=O)c2ccc(C)cc2)c2cc(F)c(OCCOc3ccc(C)nc3)cc12. The van der Waals surface area contributed by atoms with Gasteiger partial charge in [-0.15, -0.1) is 0 Å². The molecule has 9 heteroatoms. The Kier molecular flexibility index (Phi) is 8.16. The zero-order valence-corrected chi connectivity index (χ0v) is 22.8. The molecule has 0 aliphatic rings. The number of aryl methyl sites for hydroxylation is 3. The van der Waals surface area contributed by atoms with Crippen molar-refractivity contribution in [3.8, 4) is 11.5 Å². The van der Waals surface area contributed by atoms with Gasteiger partial charge in [0.15, 0.2) is 11.6 Å². The van der Waals surface area contributed by atoms with Crippen molar-refractivity contribution in [3.63, 3.8) is 0 Å². The van der Waals surface area contributed by atoms with Gasteiger partial charge in [0.25, 0.3) is 10.0 Å². The Morgan fingerprint density at radius 2 is 1.71 bits per heavy atom. The highest BCUT2D eigenvalue weighted by atomic mass is 32.2. The van der Waals surface area contributed by atoms with E-state index in [1.807, 2.05) is 19.9 Å². The zero-order chi connectivity index (χ0) is 27.4. The molecule has 0 fully saturated rings. The van der Waals surface area contributed by atoms with Crippen LogP contribution in [0, 0.1) is 26.6 Å². The topological polar surface area (TPSA) is 87.5 Å². The van der Waals surface area contributed by atoms with Crippen LogP contribution in [0.4, 0.5) is 4.39 Å². The van der Waals surface area contributed by atoms with Gasteiger partial charge in [0.2, 0.25) is 0 Å². The van der Waals surface area contributed by atoms with Crippen LogP contribution in [0.25, 0.3) is 10.9 Å². The van der Waals surface area contributed by atoms with Crippen molar-refractivity contribution < 1.29 is 27.1 Å². The van der Waals surface area contributed by atoms with Crippen LogP contribution in [0.1, 0.15) is 42.3 Å². The number of hydrogen-bond donors (Lipinski definition) is 0. The zero-order valence-electron chi connectivity index (χ0n) is 22.0. The minimum atomic E-state index is -4.00. The van der Waals surface area contributed by atoms with E-state index in [-0.39, 0.29) is 35.2 Å². The molecule has 0 unspecified atom stereocenters. The van der Waals surface area contributed by atoms with E-state index in [9.17, 15) is 13.2 Å². The van der Waals surface area contributed by atoms with E-state index >= 15 is 4.39 Å². The molecule has 7 nitrogen and oxygen atoms in total. The Balaban J connectivity index is 1.68. The van der Waals surface area contributed by atoms with Crippen molar-refractivity contribution in [2.75, 3.05) is 13.2 Å². The van der Waals surface area contributed by atoms with Gasteiger partial charge in [0.1, 0.15) is 24.7 Å². The van der Waals surface area contributed by atoms with Gasteiger partial charge in [-0.25, -0.2) is 16.8 Å². The minimum absolute atomic E-state index is 0.000771. The smallest absolute Gasteiger partial charge is 0.268 e. The second-order valence-corrected chi connectivity index (χ2v) is 11.1. The van der Waals surface area contributed by atoms with Gasteiger partial charge in [0.05, 0.1) is 16.6 Å². The number of hydrogen-bond acceptors (Lipinski definition) is 6. The van der Waals surface area contributed by atoms with E-state index in [4.69, 9.17) is 9.47 Å². The Bertz CT molecular complexity index is 1560. The van der Waals surface area contributed by atoms with Crippen molar-refractivity contribution in [2.24, 2.45) is 0 Å². The second-order valence-electron chi connectivity index (χ2n) is 9.33. The van der Waals surface area contributed by atoms with E-state index in [0.717, 1.165) is 16.8 Å². The lowest BCUT2D eigenvalue weighted by molar-refractivity contribution is -0.117. The molecule has 2 heterocycles. The number of aromatic nitrogens is 2. The van der Waals surface area contributed by atoms with Gasteiger partial charge in [-0.3, -0.25) is 4.98 Å². The quantitative estimate of drug-likeness (QED) is 0.228. The molecule has 0 spiro atoms. The van der Waals surface area contributed by atoms with Crippen molar-refractivity contribution in [2.45, 2.75) is 51.9 Å². The van der Waals surface area contributed by atoms with Crippen molar-refractivity contribution in [1.82, 2.24) is 8.96 Å². The minimum Gasteiger partial charge on any atom is -0.488 e. The number of ether oxygens (including phenoxy) is 2. The number of fused-ring (bicyclic) bond motifs is 1. The fourth-order valence-corrected chi connectivity index (χ4v) is 5.94. The van der Waals surface area contributed by atoms with Crippen LogP contribution in [0.5, 0.6) is 11.5 Å². The number of carbonyl (C=O) groups excluding carboxylic acids is 1. The van der Waals surface area contributed by atoms with E-state index < -0.39 is 15.8 Å². The number of benzene rings is 2. The molecule has 0 atom stereocenters. The molecule has 0 N–H and O–H groups in total. The Morgan fingerprint density at radius 1 is 1.00 bits per heavy atom. The van der Waals surface area contributed by atoms with E-state index in [1.165, 1.54) is 23.0 Å². The number of pyridine rings is 1. The van der Waals surface area contributed by atoms with E-state index in [1.54, 1.807) is 43.5 Å². The maximum atomic E-state index is 15.2. The number of Topliss-reactive ketones (excluding diaryl/α,β-unsaturated/α-hetero) is 1. The van der Waals surface area contributed by atoms with Crippen molar-refractivity contribution >= 4 is 26.7 Å². The highest BCUT2D eigenvalue weighted by Crippen LogP contribution is 2.35. The molecule has 0 saturated heterocycles. The summed E-state index contributed by atoms with van der Waals surface area (Å²) in [5.74, 6) is -0.0436. The first kappa shape index (κ1) is 27.3. The largest absolute Gasteiger partial charge is 0.488 e. The molecular weight excluding hydrogens is 507 g/mol. The second kappa shape index (κ2) is 11.3. The molecule has 0 amide bonds. The van der Waals surface area contributed by atoms with Crippen molar-refractivity contribution in [3.05, 3.63) is 83.1 Å². The summed E-state index contributed by atoms with van der Waals surface area (Å²) in [6, 6.07) is 12.9. The van der Waals surface area contributed by atoms with Crippen LogP contribution in [-0.2, 0) is 21.2 Å². The predicted octanol–water partition coefficient (Wildman–Crippen LogP) is 5.71. The molecule has 0 aliphatic carbocycles. The number of ketones is 1. The lowest BCUT2D eigenvalue weighted by Gasteiger charge is -2.12. The summed E-state index contributed by atoms with van der Waals surface area (Å²) in [4.78, 5) is 15.8. The van der Waals surface area contributed by atoms with Crippen LogP contribution in [0.3, 0.4) is 0 Å². The van der Waals surface area contributed by atoms with Crippen LogP contribution in [-0.4, -0.2) is 36.4 Å². The highest BCUT2D eigenvalue weighted by Gasteiger charge is 2.26. The number of carbonyl (C=O) groups is 1. The standard InChI is InChI=1S/C29H31FN2O5S/c1-19-8-12-24(13-9-19)38(34,35)32-22(4)25(7-5-6-21(3)33)26-16-29(27(30)17-28(26)32)37-15-14-36-23-11-10-20(2)31-18-23/h8-13,16-18H,5-7,14-15H2,1-4H3. The van der Waals surface area contributed by atoms with Crippen molar-refractivity contribution in [1.29, 1.82) is 0 Å². The number of halogens is 1. The molecule has 4 rings (SSSR count). The normalized spacial score (nSPS) is 11.6. The number of nitrogens with zero attached hydrogens (tertiary/aromatic N) is 2. The first-order chi connectivity index (χ1) is 18.1. The van der Waals surface area contributed by atoms with Gasteiger partial charge < -0.3 is 14.3 Å². The summed E-state index contributed by atoms with van der Waals surface area (Å²) in [5.41, 5.74) is 3.25. The van der Waals surface area contributed by atoms with Gasteiger partial charge in [-0.05, 0) is 76.4 Å². The molecule has 0 saturated carbocycles. The summed E-state index contributed by atoms with van der Waals surface area (Å²) >= 11 is 0. The lowest BCUT2D eigenvalue weighted by atomic mass is 10.0. The third-order valence-electron chi connectivity index (χ3n) is 6.34. The van der Waals surface area contributed by atoms with Gasteiger partial charge in [0, 0.05) is 29.3 Å². The maximum Gasteiger partial charge on any atom is 0.268 e. The summed E-state index contributed by atoms with van der Waals surface area (Å²) in [6.45, 7) is 7.23. The molecule has 200 valence electrons. The summed E-state index contributed by atoms with van der Waals surface area (Å²) in [5, 5.41) is 0.571. The van der Waals surface area contributed by atoms with E-state index in [0.29, 0.717) is 36.1 Å². The molecular formula is C29H31FN2O5S. The molecule has 2 aromatic heterocycles. The average molecular weight is 539 g/mol. The molecule has 38 heavy (non-hydrogen) atoms. The van der Waals surface area contributed by atoms with Crippen LogP contribution in [0.2, 0.25) is 0 Å². The third-order valence-corrected chi connectivity index (χ3v) is 8.16. The molecule has 0 aliphatic heterocycles. The fraction of sp³-hybridized carbons (Fsp3) is 0.310.